The second-order valence-electron chi connectivity index (χ2n) is 7.00. The Bertz CT molecular complexity index is 1030. The van der Waals surface area contributed by atoms with Gasteiger partial charge < -0.3 is 14.3 Å². The molecule has 5 nitrogen and oxygen atoms in total. The van der Waals surface area contributed by atoms with Gasteiger partial charge in [0.15, 0.2) is 0 Å². The normalized spacial score (nSPS) is 15.7. The topological polar surface area (TPSA) is 76.7 Å². The lowest BCUT2D eigenvalue weighted by Crippen LogP contribution is -2.34. The molecule has 1 saturated carbocycles. The third kappa shape index (κ3) is 3.21. The molecule has 1 N–H and O–H groups in total. The summed E-state index contributed by atoms with van der Waals surface area (Å²) in [5.41, 5.74) is 0.657. The summed E-state index contributed by atoms with van der Waals surface area (Å²) in [7, 11) is 0. The van der Waals surface area contributed by atoms with Crippen molar-refractivity contribution in [3.63, 3.8) is 0 Å². The van der Waals surface area contributed by atoms with Crippen LogP contribution in [0.4, 0.5) is 0 Å². The van der Waals surface area contributed by atoms with Gasteiger partial charge in [0, 0.05) is 23.1 Å². The molecule has 3 aromatic rings. The summed E-state index contributed by atoms with van der Waals surface area (Å²) in [6.45, 7) is -0.0136. The Morgan fingerprint density at radius 3 is 2.56 bits per heavy atom. The molecule has 0 bridgehead atoms. The van der Waals surface area contributed by atoms with Crippen molar-refractivity contribution in [2.45, 2.75) is 37.7 Å². The monoisotopic (exact) mass is 364 g/mol. The zero-order valence-corrected chi connectivity index (χ0v) is 14.8. The SMILES string of the molecule is O=C(OCc1cc(=O)oc2cc(O)ccc12)C1(c2ccccc2)CCCC1. The molecule has 0 radical (unpaired) electrons. The number of hydrogen-bond acceptors (Lipinski definition) is 5. The molecule has 1 aromatic heterocycles. The van der Waals surface area contributed by atoms with E-state index in [0.29, 0.717) is 10.9 Å². The van der Waals surface area contributed by atoms with E-state index in [0.717, 1.165) is 31.2 Å². The Kier molecular flexibility index (Phi) is 4.44. The summed E-state index contributed by atoms with van der Waals surface area (Å²) < 4.78 is 10.8. The molecule has 1 fully saturated rings. The predicted molar refractivity (Wildman–Crippen MR) is 101 cm³/mol. The summed E-state index contributed by atoms with van der Waals surface area (Å²) in [5.74, 6) is -0.250. The highest BCUT2D eigenvalue weighted by Crippen LogP contribution is 2.42. The van der Waals surface area contributed by atoms with Crippen LogP contribution in [-0.2, 0) is 21.6 Å². The lowest BCUT2D eigenvalue weighted by atomic mass is 9.79. The molecule has 0 spiro atoms. The Balaban J connectivity index is 1.62. The molecule has 0 saturated heterocycles. The molecule has 0 unspecified atom stereocenters. The number of phenolic OH excluding ortho intramolecular Hbond substituents is 1. The quantitative estimate of drug-likeness (QED) is 0.558. The van der Waals surface area contributed by atoms with Crippen LogP contribution in [0.15, 0.2) is 63.8 Å². The first-order valence-electron chi connectivity index (χ1n) is 9.07. The summed E-state index contributed by atoms with van der Waals surface area (Å²) in [5, 5.41) is 10.2. The van der Waals surface area contributed by atoms with E-state index in [-0.39, 0.29) is 23.9 Å². The maximum atomic E-state index is 13.1. The van der Waals surface area contributed by atoms with E-state index in [4.69, 9.17) is 9.15 Å². The van der Waals surface area contributed by atoms with Gasteiger partial charge in [0.05, 0.1) is 5.41 Å². The molecule has 27 heavy (non-hydrogen) atoms. The van der Waals surface area contributed by atoms with Gasteiger partial charge in [0.25, 0.3) is 0 Å². The van der Waals surface area contributed by atoms with Gasteiger partial charge in [0.2, 0.25) is 0 Å². The summed E-state index contributed by atoms with van der Waals surface area (Å²) in [6, 6.07) is 15.6. The first kappa shape index (κ1) is 17.3. The van der Waals surface area contributed by atoms with Gasteiger partial charge in [-0.2, -0.15) is 0 Å². The number of fused-ring (bicyclic) bond motifs is 1. The summed E-state index contributed by atoms with van der Waals surface area (Å²) >= 11 is 0. The molecular weight excluding hydrogens is 344 g/mol. The van der Waals surface area contributed by atoms with Crippen LogP contribution in [0.25, 0.3) is 11.0 Å². The van der Waals surface area contributed by atoms with Crippen LogP contribution in [0, 0.1) is 0 Å². The van der Waals surface area contributed by atoms with Crippen LogP contribution < -0.4 is 5.63 Å². The molecule has 0 atom stereocenters. The van der Waals surface area contributed by atoms with E-state index in [1.165, 1.54) is 18.2 Å². The largest absolute Gasteiger partial charge is 0.508 e. The molecule has 1 heterocycles. The highest BCUT2D eigenvalue weighted by atomic mass is 16.5. The molecule has 0 amide bonds. The van der Waals surface area contributed by atoms with Gasteiger partial charge in [-0.1, -0.05) is 43.2 Å². The van der Waals surface area contributed by atoms with E-state index in [9.17, 15) is 14.7 Å². The minimum atomic E-state index is -0.616. The number of phenols is 1. The van der Waals surface area contributed by atoms with Crippen molar-refractivity contribution in [2.24, 2.45) is 0 Å². The average molecular weight is 364 g/mol. The van der Waals surface area contributed by atoms with Gasteiger partial charge >= 0.3 is 11.6 Å². The smallest absolute Gasteiger partial charge is 0.336 e. The average Bonchev–Trinajstić information content (AvgIpc) is 3.17. The maximum Gasteiger partial charge on any atom is 0.336 e. The molecule has 0 aliphatic heterocycles. The Morgan fingerprint density at radius 1 is 1.07 bits per heavy atom. The lowest BCUT2D eigenvalue weighted by Gasteiger charge is -2.27. The van der Waals surface area contributed by atoms with Crippen molar-refractivity contribution < 1.29 is 19.1 Å². The second-order valence-corrected chi connectivity index (χ2v) is 7.00. The van der Waals surface area contributed by atoms with Crippen molar-refractivity contribution in [2.75, 3.05) is 0 Å². The second kappa shape index (κ2) is 6.91. The van der Waals surface area contributed by atoms with Gasteiger partial charge in [-0.15, -0.1) is 0 Å². The fourth-order valence-electron chi connectivity index (χ4n) is 3.97. The van der Waals surface area contributed by atoms with Gasteiger partial charge in [-0.3, -0.25) is 4.79 Å². The third-order valence-corrected chi connectivity index (χ3v) is 5.35. The molecule has 2 aromatic carbocycles. The van der Waals surface area contributed by atoms with Crippen molar-refractivity contribution in [1.82, 2.24) is 0 Å². The number of carbonyl (C=O) groups excluding carboxylic acids is 1. The van der Waals surface area contributed by atoms with E-state index in [1.807, 2.05) is 30.3 Å². The van der Waals surface area contributed by atoms with Crippen molar-refractivity contribution in [1.29, 1.82) is 0 Å². The first-order valence-corrected chi connectivity index (χ1v) is 9.07. The van der Waals surface area contributed by atoms with Crippen LogP contribution in [0.2, 0.25) is 0 Å². The number of aromatic hydroxyl groups is 1. The van der Waals surface area contributed by atoms with Crippen molar-refractivity contribution in [3.05, 3.63) is 76.1 Å². The molecule has 138 valence electrons. The van der Waals surface area contributed by atoms with E-state index in [1.54, 1.807) is 6.07 Å². The van der Waals surface area contributed by atoms with E-state index < -0.39 is 11.0 Å². The van der Waals surface area contributed by atoms with Crippen molar-refractivity contribution >= 4 is 16.9 Å². The van der Waals surface area contributed by atoms with E-state index >= 15 is 0 Å². The van der Waals surface area contributed by atoms with E-state index in [2.05, 4.69) is 0 Å². The fourth-order valence-corrected chi connectivity index (χ4v) is 3.97. The van der Waals surface area contributed by atoms with Gasteiger partial charge in [-0.05, 0) is 30.5 Å². The van der Waals surface area contributed by atoms with Gasteiger partial charge in [-0.25, -0.2) is 4.79 Å². The van der Waals surface area contributed by atoms with Crippen LogP contribution in [0.5, 0.6) is 5.75 Å². The van der Waals surface area contributed by atoms with Crippen LogP contribution >= 0.6 is 0 Å². The van der Waals surface area contributed by atoms with Gasteiger partial charge in [0.1, 0.15) is 17.9 Å². The highest BCUT2D eigenvalue weighted by molar-refractivity contribution is 5.85. The highest BCUT2D eigenvalue weighted by Gasteiger charge is 2.44. The summed E-state index contributed by atoms with van der Waals surface area (Å²) in [6.07, 6.45) is 3.51. The minimum Gasteiger partial charge on any atom is -0.508 e. The molecule has 4 rings (SSSR count). The lowest BCUT2D eigenvalue weighted by molar-refractivity contribution is -0.152. The molecule has 5 heteroatoms. The number of carbonyl (C=O) groups is 1. The zero-order valence-electron chi connectivity index (χ0n) is 14.8. The first-order chi connectivity index (χ1) is 13.1. The van der Waals surface area contributed by atoms with Crippen LogP contribution in [0.3, 0.4) is 0 Å². The molecule has 1 aliphatic carbocycles. The van der Waals surface area contributed by atoms with Crippen LogP contribution in [0.1, 0.15) is 36.8 Å². The number of benzene rings is 2. The van der Waals surface area contributed by atoms with Crippen molar-refractivity contribution in [3.8, 4) is 5.75 Å². The fraction of sp³-hybridized carbons (Fsp3) is 0.273. The number of ether oxygens (including phenoxy) is 1. The standard InChI is InChI=1S/C22H20O5/c23-17-8-9-18-15(12-20(24)27-19(18)13-17)14-26-21(25)22(10-4-5-11-22)16-6-2-1-3-7-16/h1-3,6-9,12-13,23H,4-5,10-11,14H2. The molecule has 1 aliphatic rings. The Morgan fingerprint density at radius 2 is 1.81 bits per heavy atom. The maximum absolute atomic E-state index is 13.1. The minimum absolute atomic E-state index is 0.00813. The summed E-state index contributed by atoms with van der Waals surface area (Å²) in [4.78, 5) is 24.9. The zero-order chi connectivity index (χ0) is 18.9. The Hall–Kier alpha value is -3.08. The number of hydrogen-bond donors (Lipinski definition) is 1. The molecular formula is C22H20O5. The Labute approximate surface area is 156 Å². The number of rotatable bonds is 4. The predicted octanol–water partition coefficient (Wildman–Crippen LogP) is 4.05. The third-order valence-electron chi connectivity index (χ3n) is 5.35. The number of esters is 1. The van der Waals surface area contributed by atoms with Crippen LogP contribution in [-0.4, -0.2) is 11.1 Å².